The molecular weight excluding hydrogens is 492 g/mol. The van der Waals surface area contributed by atoms with Gasteiger partial charge in [-0.2, -0.15) is 0 Å². The molecule has 1 aliphatic heterocycles. The molecule has 2 amide bonds. The summed E-state index contributed by atoms with van der Waals surface area (Å²) in [6, 6.07) is 14.7. The first kappa shape index (κ1) is 26.2. The summed E-state index contributed by atoms with van der Waals surface area (Å²) in [5.74, 6) is 1.67. The molecule has 7 heteroatoms. The molecule has 2 aromatic carbocycles. The van der Waals surface area contributed by atoms with E-state index in [9.17, 15) is 19.5 Å². The number of hydrogen-bond acceptors (Lipinski definition) is 6. The van der Waals surface area contributed by atoms with E-state index in [0.717, 1.165) is 25.7 Å². The number of nitrogens with one attached hydrogen (secondary N) is 1. The number of Topliss-reactive ketones (excluding diaryl/α,β-unsaturated/α-hetero) is 1. The summed E-state index contributed by atoms with van der Waals surface area (Å²) in [7, 11) is 1.55. The second kappa shape index (κ2) is 10.2. The number of imide groups is 1. The van der Waals surface area contributed by atoms with Crippen LogP contribution >= 0.6 is 0 Å². The van der Waals surface area contributed by atoms with Crippen molar-refractivity contribution in [3.8, 4) is 5.75 Å². The predicted octanol–water partition coefficient (Wildman–Crippen LogP) is 3.82. The maximum absolute atomic E-state index is 13.7. The highest BCUT2D eigenvalue weighted by molar-refractivity contribution is 6.03. The van der Waals surface area contributed by atoms with Gasteiger partial charge >= 0.3 is 0 Å². The minimum atomic E-state index is -2.07. The van der Waals surface area contributed by atoms with E-state index >= 15 is 0 Å². The number of methoxy groups -OCH3 is 1. The van der Waals surface area contributed by atoms with Crippen molar-refractivity contribution in [3.05, 3.63) is 65.7 Å². The topological polar surface area (TPSA) is 95.9 Å². The minimum absolute atomic E-state index is 0.212. The van der Waals surface area contributed by atoms with Gasteiger partial charge in [0.15, 0.2) is 11.4 Å². The predicted molar refractivity (Wildman–Crippen MR) is 146 cm³/mol. The highest BCUT2D eigenvalue weighted by Gasteiger charge is 2.54. The van der Waals surface area contributed by atoms with Crippen molar-refractivity contribution in [2.75, 3.05) is 20.2 Å². The van der Waals surface area contributed by atoms with Crippen LogP contribution in [0.4, 0.5) is 0 Å². The van der Waals surface area contributed by atoms with Gasteiger partial charge in [0.1, 0.15) is 5.75 Å². The van der Waals surface area contributed by atoms with Crippen molar-refractivity contribution in [2.45, 2.75) is 63.0 Å². The van der Waals surface area contributed by atoms with Crippen LogP contribution in [0.1, 0.15) is 62.5 Å². The van der Waals surface area contributed by atoms with Gasteiger partial charge in [-0.3, -0.25) is 24.6 Å². The average molecular weight is 531 g/mol. The highest BCUT2D eigenvalue weighted by atomic mass is 16.5. The Labute approximate surface area is 229 Å². The van der Waals surface area contributed by atoms with E-state index in [2.05, 4.69) is 5.32 Å². The summed E-state index contributed by atoms with van der Waals surface area (Å²) >= 11 is 0. The van der Waals surface area contributed by atoms with Gasteiger partial charge in [0.05, 0.1) is 19.7 Å². The molecule has 206 valence electrons. The Kier molecular flexibility index (Phi) is 6.84. The van der Waals surface area contributed by atoms with Crippen molar-refractivity contribution in [3.63, 3.8) is 0 Å². The number of benzene rings is 2. The molecule has 2 atom stereocenters. The molecule has 0 aromatic heterocycles. The van der Waals surface area contributed by atoms with Gasteiger partial charge in [0, 0.05) is 5.41 Å². The summed E-state index contributed by atoms with van der Waals surface area (Å²) < 4.78 is 5.23. The van der Waals surface area contributed by atoms with Crippen LogP contribution in [-0.2, 0) is 20.0 Å². The Morgan fingerprint density at radius 1 is 0.949 bits per heavy atom. The zero-order valence-corrected chi connectivity index (χ0v) is 22.6. The van der Waals surface area contributed by atoms with Crippen LogP contribution in [0.2, 0.25) is 0 Å². The first-order valence-electron chi connectivity index (χ1n) is 14.4. The molecule has 0 radical (unpaired) electrons. The lowest BCUT2D eigenvalue weighted by atomic mass is 9.48. The Bertz CT molecular complexity index is 1210. The fraction of sp³-hybridized carbons (Fsp3) is 0.531. The van der Waals surface area contributed by atoms with Gasteiger partial charge in [-0.1, -0.05) is 42.5 Å². The molecule has 1 unspecified atom stereocenters. The Hall–Kier alpha value is -3.03. The second-order valence-electron chi connectivity index (χ2n) is 12.4. The van der Waals surface area contributed by atoms with Crippen LogP contribution in [0.3, 0.4) is 0 Å². The lowest BCUT2D eigenvalue weighted by Gasteiger charge is -2.56. The van der Waals surface area contributed by atoms with Crippen molar-refractivity contribution in [1.82, 2.24) is 10.2 Å². The number of ketones is 1. The van der Waals surface area contributed by atoms with Gasteiger partial charge in [0.2, 0.25) is 5.91 Å². The van der Waals surface area contributed by atoms with E-state index in [1.54, 1.807) is 61.7 Å². The van der Waals surface area contributed by atoms with Crippen molar-refractivity contribution >= 4 is 17.6 Å². The first-order valence-corrected chi connectivity index (χ1v) is 14.4. The number of likely N-dealkylation sites (tertiary alicyclic amines) is 1. The van der Waals surface area contributed by atoms with Gasteiger partial charge < -0.3 is 9.84 Å². The number of hydrogen-bond donors (Lipinski definition) is 2. The lowest BCUT2D eigenvalue weighted by Crippen LogP contribution is -2.55. The number of aliphatic hydroxyl groups is 1. The monoisotopic (exact) mass is 530 g/mol. The van der Waals surface area contributed by atoms with E-state index in [1.165, 1.54) is 19.3 Å². The summed E-state index contributed by atoms with van der Waals surface area (Å²) in [5, 5.41) is 14.3. The van der Waals surface area contributed by atoms with Crippen LogP contribution in [0.5, 0.6) is 5.75 Å². The van der Waals surface area contributed by atoms with E-state index in [0.29, 0.717) is 47.6 Å². The Morgan fingerprint density at radius 3 is 2.13 bits per heavy atom. The third-order valence-corrected chi connectivity index (χ3v) is 9.91. The molecule has 5 fully saturated rings. The van der Waals surface area contributed by atoms with Crippen LogP contribution < -0.4 is 10.1 Å². The molecule has 0 spiro atoms. The molecule has 2 aromatic rings. The summed E-state index contributed by atoms with van der Waals surface area (Å²) in [5.41, 5.74) is -1.58. The zero-order chi connectivity index (χ0) is 27.2. The van der Waals surface area contributed by atoms with Crippen molar-refractivity contribution in [2.24, 2.45) is 23.2 Å². The average Bonchev–Trinajstić information content (AvgIpc) is 3.40. The molecule has 7 rings (SSSR count). The van der Waals surface area contributed by atoms with Gasteiger partial charge in [-0.15, -0.1) is 0 Å². The standard InChI is InChI=1S/C32H38N2O5/c1-39-26-11-9-25(10-12-26)32(38,24-6-3-2-4-7-24)30(37)33-29(36)27-8-5-13-34(27)20-28(35)31-17-21-14-22(18-31)16-23(15-21)19-31/h2-4,6-7,9-12,21-23,27,38H,5,8,13-20H2,1H3,(H,33,36,37)/t21?,22?,23?,27-,31?,32?/m0/s1. The lowest BCUT2D eigenvalue weighted by molar-refractivity contribution is -0.146. The molecule has 7 nitrogen and oxygen atoms in total. The second-order valence-corrected chi connectivity index (χ2v) is 12.4. The molecule has 2 N–H and O–H groups in total. The largest absolute Gasteiger partial charge is 0.497 e. The maximum Gasteiger partial charge on any atom is 0.267 e. The number of carbonyl (C=O) groups is 3. The number of ether oxygens (including phenoxy) is 1. The quantitative estimate of drug-likeness (QED) is 0.539. The van der Waals surface area contributed by atoms with E-state index in [4.69, 9.17) is 4.74 Å². The van der Waals surface area contributed by atoms with Crippen molar-refractivity contribution in [1.29, 1.82) is 0 Å². The van der Waals surface area contributed by atoms with E-state index in [1.807, 2.05) is 4.90 Å². The zero-order valence-electron chi connectivity index (χ0n) is 22.6. The summed E-state index contributed by atoms with van der Waals surface area (Å²) in [6.07, 6.45) is 8.24. The van der Waals surface area contributed by atoms with Crippen molar-refractivity contribution < 1.29 is 24.2 Å². The third kappa shape index (κ3) is 4.70. The number of nitrogens with zero attached hydrogens (tertiary/aromatic N) is 1. The Morgan fingerprint density at radius 2 is 1.54 bits per heavy atom. The van der Waals surface area contributed by atoms with Crippen LogP contribution in [-0.4, -0.2) is 53.8 Å². The van der Waals surface area contributed by atoms with Crippen LogP contribution in [0.25, 0.3) is 0 Å². The van der Waals surface area contributed by atoms with Gasteiger partial charge in [0.25, 0.3) is 5.91 Å². The number of carbonyl (C=O) groups excluding carboxylic acids is 3. The van der Waals surface area contributed by atoms with Gasteiger partial charge in [-0.25, -0.2) is 0 Å². The van der Waals surface area contributed by atoms with Crippen LogP contribution in [0.15, 0.2) is 54.6 Å². The maximum atomic E-state index is 13.7. The molecule has 1 heterocycles. The normalized spacial score (nSPS) is 31.0. The fourth-order valence-corrected chi connectivity index (χ4v) is 8.34. The smallest absolute Gasteiger partial charge is 0.267 e. The summed E-state index contributed by atoms with van der Waals surface area (Å²) in [4.78, 5) is 42.8. The SMILES string of the molecule is COc1ccc(C(O)(C(=O)NC(=O)[C@@H]2CCCN2CC(=O)C23CC4CC(CC(C4)C2)C3)c2ccccc2)cc1. The van der Waals surface area contributed by atoms with E-state index in [-0.39, 0.29) is 17.7 Å². The molecule has 4 bridgehead atoms. The molecule has 1 saturated heterocycles. The molecular formula is C32H38N2O5. The van der Waals surface area contributed by atoms with E-state index < -0.39 is 23.5 Å². The molecule has 5 aliphatic rings. The summed E-state index contributed by atoms with van der Waals surface area (Å²) in [6.45, 7) is 0.922. The molecule has 4 saturated carbocycles. The molecule has 39 heavy (non-hydrogen) atoms. The fourth-order valence-electron chi connectivity index (χ4n) is 8.34. The third-order valence-electron chi connectivity index (χ3n) is 9.91. The van der Waals surface area contributed by atoms with Crippen LogP contribution in [0, 0.1) is 23.2 Å². The van der Waals surface area contributed by atoms with Gasteiger partial charge in [-0.05, 0) is 98.9 Å². The molecule has 4 aliphatic carbocycles. The minimum Gasteiger partial charge on any atom is -0.497 e. The Balaban J connectivity index is 1.18. The first-order chi connectivity index (χ1) is 18.8. The number of rotatable bonds is 8. The highest BCUT2D eigenvalue weighted by Crippen LogP contribution is 2.60. The number of amides is 2.